The third-order valence-corrected chi connectivity index (χ3v) is 9.28. The molecule has 5 saturated heterocycles. The molecule has 0 radical (unpaired) electrons. The predicted octanol–water partition coefficient (Wildman–Crippen LogP) is 0.564. The largest absolute Gasteiger partial charge is 0.373 e. The maximum Gasteiger partial charge on any atom is 0.249 e. The van der Waals surface area contributed by atoms with Crippen LogP contribution in [0.3, 0.4) is 0 Å². The first-order valence-corrected chi connectivity index (χ1v) is 10.0. The summed E-state index contributed by atoms with van der Waals surface area (Å²) in [5.41, 5.74) is -2.57. The summed E-state index contributed by atoms with van der Waals surface area (Å²) in [5.74, 6) is 0.0120. The Balaban J connectivity index is 1.75. The van der Waals surface area contributed by atoms with Crippen LogP contribution in [-0.2, 0) is 14.4 Å². The second-order valence-electron chi connectivity index (χ2n) is 10.2. The molecule has 6 atom stereocenters. The monoisotopic (exact) mass is 375 g/mol. The smallest absolute Gasteiger partial charge is 0.249 e. The van der Waals surface area contributed by atoms with Gasteiger partial charge in [-0.3, -0.25) is 14.4 Å². The van der Waals surface area contributed by atoms with Crippen molar-refractivity contribution in [1.82, 2.24) is 14.7 Å². The summed E-state index contributed by atoms with van der Waals surface area (Å²) in [5, 5.41) is 10.5. The number of likely N-dealkylation sites (N-methyl/N-ethyl adjacent to an activating group) is 1. The van der Waals surface area contributed by atoms with E-state index in [2.05, 4.69) is 13.8 Å². The van der Waals surface area contributed by atoms with Crippen molar-refractivity contribution in [1.29, 1.82) is 0 Å². The Morgan fingerprint density at radius 1 is 1.07 bits per heavy atom. The van der Waals surface area contributed by atoms with Crippen LogP contribution in [0.1, 0.15) is 52.9 Å². The Labute approximate surface area is 159 Å². The quantitative estimate of drug-likeness (QED) is 0.671. The summed E-state index contributed by atoms with van der Waals surface area (Å²) in [6.45, 7) is 6.15. The summed E-state index contributed by atoms with van der Waals surface area (Å²) in [6.07, 6.45) is 1.96. The molecule has 1 saturated carbocycles. The Bertz CT molecular complexity index is 796. The highest BCUT2D eigenvalue weighted by Gasteiger charge is 2.82. The SMILES string of the molecule is C[C@H]1CC(=O)N2C3C(C)(C)[C@@]4(C[C@@H](O)N(C)C4=O)C[C@]34CC[C@]12C(=O)N4C. The molecule has 3 amide bonds. The van der Waals surface area contributed by atoms with Crippen LogP contribution in [0.5, 0.6) is 0 Å². The summed E-state index contributed by atoms with van der Waals surface area (Å²) >= 11 is 0. The number of amides is 3. The number of hydrogen-bond donors (Lipinski definition) is 1. The van der Waals surface area contributed by atoms with Crippen molar-refractivity contribution in [3.8, 4) is 0 Å². The van der Waals surface area contributed by atoms with Crippen molar-refractivity contribution in [3.05, 3.63) is 0 Å². The van der Waals surface area contributed by atoms with E-state index < -0.39 is 28.1 Å². The van der Waals surface area contributed by atoms with Crippen LogP contribution in [0.25, 0.3) is 0 Å². The van der Waals surface area contributed by atoms with E-state index in [-0.39, 0.29) is 29.7 Å². The van der Waals surface area contributed by atoms with Gasteiger partial charge < -0.3 is 19.8 Å². The van der Waals surface area contributed by atoms with Crippen molar-refractivity contribution >= 4 is 17.7 Å². The number of nitrogens with zero attached hydrogens (tertiary/aromatic N) is 3. The maximum atomic E-state index is 13.5. The van der Waals surface area contributed by atoms with Crippen molar-refractivity contribution < 1.29 is 19.5 Å². The van der Waals surface area contributed by atoms with Gasteiger partial charge in [0.1, 0.15) is 11.8 Å². The van der Waals surface area contributed by atoms with Gasteiger partial charge in [-0.2, -0.15) is 0 Å². The molecule has 27 heavy (non-hydrogen) atoms. The second-order valence-corrected chi connectivity index (χ2v) is 10.2. The van der Waals surface area contributed by atoms with Gasteiger partial charge in [0.25, 0.3) is 0 Å². The molecule has 6 rings (SSSR count). The fraction of sp³-hybridized carbons (Fsp3) is 0.850. The lowest BCUT2D eigenvalue weighted by Crippen LogP contribution is -2.81. The molecule has 7 heteroatoms. The molecule has 6 aliphatic rings. The van der Waals surface area contributed by atoms with E-state index in [1.165, 1.54) is 4.90 Å². The molecular weight excluding hydrogens is 346 g/mol. The lowest BCUT2D eigenvalue weighted by atomic mass is 9.61. The van der Waals surface area contributed by atoms with Gasteiger partial charge in [-0.05, 0) is 25.2 Å². The molecule has 6 fully saturated rings. The molecule has 0 aromatic rings. The summed E-state index contributed by atoms with van der Waals surface area (Å²) in [7, 11) is 3.51. The predicted molar refractivity (Wildman–Crippen MR) is 96.1 cm³/mol. The first-order chi connectivity index (χ1) is 12.5. The van der Waals surface area contributed by atoms with Gasteiger partial charge in [0, 0.05) is 32.4 Å². The molecule has 5 aliphatic heterocycles. The highest BCUT2D eigenvalue weighted by atomic mass is 16.3. The zero-order valence-corrected chi connectivity index (χ0v) is 16.8. The lowest BCUT2D eigenvalue weighted by Gasteiger charge is -2.65. The number of piperidine rings is 2. The minimum absolute atomic E-state index is 0.0156. The van der Waals surface area contributed by atoms with Gasteiger partial charge in [0.2, 0.25) is 17.7 Å². The molecule has 5 heterocycles. The van der Waals surface area contributed by atoms with Crippen molar-refractivity contribution in [3.63, 3.8) is 0 Å². The molecule has 1 aliphatic carbocycles. The number of hydrogen-bond acceptors (Lipinski definition) is 4. The third kappa shape index (κ3) is 1.46. The molecule has 0 aromatic heterocycles. The van der Waals surface area contributed by atoms with Crippen molar-refractivity contribution in [2.75, 3.05) is 14.1 Å². The Morgan fingerprint density at radius 3 is 2.33 bits per heavy atom. The number of aliphatic hydroxyl groups is 1. The molecule has 2 bridgehead atoms. The van der Waals surface area contributed by atoms with Crippen molar-refractivity contribution in [2.24, 2.45) is 16.7 Å². The number of aliphatic hydroxyl groups excluding tert-OH is 1. The normalized spacial score (nSPS) is 50.2. The zero-order valence-electron chi connectivity index (χ0n) is 16.8. The van der Waals surface area contributed by atoms with Gasteiger partial charge in [0.05, 0.1) is 17.0 Å². The molecule has 0 aromatic carbocycles. The Hall–Kier alpha value is -1.63. The summed E-state index contributed by atoms with van der Waals surface area (Å²) in [6, 6.07) is -0.193. The minimum atomic E-state index is -0.811. The van der Waals surface area contributed by atoms with Crippen LogP contribution in [0.15, 0.2) is 0 Å². The van der Waals surface area contributed by atoms with E-state index in [1.54, 1.807) is 7.05 Å². The van der Waals surface area contributed by atoms with Gasteiger partial charge in [-0.15, -0.1) is 0 Å². The van der Waals surface area contributed by atoms with Crippen molar-refractivity contribution in [2.45, 2.75) is 76.2 Å². The molecule has 1 unspecified atom stereocenters. The van der Waals surface area contributed by atoms with Gasteiger partial charge in [-0.25, -0.2) is 0 Å². The summed E-state index contributed by atoms with van der Waals surface area (Å²) < 4.78 is 0. The topological polar surface area (TPSA) is 81.2 Å². The van der Waals surface area contributed by atoms with E-state index in [4.69, 9.17) is 0 Å². The third-order valence-electron chi connectivity index (χ3n) is 9.28. The first-order valence-electron chi connectivity index (χ1n) is 10.0. The first kappa shape index (κ1) is 17.5. The van der Waals surface area contributed by atoms with Gasteiger partial charge in [0.15, 0.2) is 0 Å². The summed E-state index contributed by atoms with van der Waals surface area (Å²) in [4.78, 5) is 45.2. The lowest BCUT2D eigenvalue weighted by molar-refractivity contribution is -0.196. The number of rotatable bonds is 0. The molecule has 3 spiro atoms. The van der Waals surface area contributed by atoms with E-state index in [0.717, 1.165) is 6.42 Å². The zero-order chi connectivity index (χ0) is 19.7. The Morgan fingerprint density at radius 2 is 1.74 bits per heavy atom. The van der Waals surface area contributed by atoms with Gasteiger partial charge in [-0.1, -0.05) is 20.8 Å². The highest BCUT2D eigenvalue weighted by Crippen LogP contribution is 2.71. The number of carbonyl (C=O) groups excluding carboxylic acids is 3. The van der Waals surface area contributed by atoms with Crippen LogP contribution in [0.2, 0.25) is 0 Å². The van der Waals surface area contributed by atoms with Crippen LogP contribution < -0.4 is 0 Å². The number of carbonyl (C=O) groups is 3. The molecular formula is C20H29N3O4. The Kier molecular flexibility index (Phi) is 2.91. The fourth-order valence-electron chi connectivity index (χ4n) is 7.78. The van der Waals surface area contributed by atoms with E-state index in [9.17, 15) is 19.5 Å². The number of likely N-dealkylation sites (tertiary alicyclic amines) is 1. The highest BCUT2D eigenvalue weighted by molar-refractivity contribution is 5.99. The molecule has 148 valence electrons. The van der Waals surface area contributed by atoms with Crippen LogP contribution >= 0.6 is 0 Å². The maximum absolute atomic E-state index is 13.5. The number of fused-ring (bicyclic) bond motifs is 2. The van der Waals surface area contributed by atoms with E-state index in [0.29, 0.717) is 25.7 Å². The van der Waals surface area contributed by atoms with Gasteiger partial charge >= 0.3 is 0 Å². The number of piperazine rings is 1. The molecule has 1 N–H and O–H groups in total. The minimum Gasteiger partial charge on any atom is -0.373 e. The second kappa shape index (κ2) is 4.50. The van der Waals surface area contributed by atoms with E-state index in [1.807, 2.05) is 23.8 Å². The van der Waals surface area contributed by atoms with Crippen LogP contribution in [0, 0.1) is 16.7 Å². The molecule has 7 nitrogen and oxygen atoms in total. The average Bonchev–Trinajstić information content (AvgIpc) is 3.07. The fourth-order valence-corrected chi connectivity index (χ4v) is 7.78. The van der Waals surface area contributed by atoms with Crippen LogP contribution in [-0.4, -0.2) is 75.0 Å². The van der Waals surface area contributed by atoms with Crippen LogP contribution in [0.4, 0.5) is 0 Å². The standard InChI is InChI=1S/C20H29N3O4/c1-11-8-12(24)23-14-17(2,3)18(9-13(25)21(4)15(18)26)10-19(14)6-7-20(11,23)16(27)22(19)5/h11,13-14,25H,6-10H2,1-5H3/t11-,13+,14?,18-,19+,20+/m0/s1. The van der Waals surface area contributed by atoms with E-state index >= 15 is 0 Å². The average molecular weight is 375 g/mol.